The highest BCUT2D eigenvalue weighted by molar-refractivity contribution is 5.75. The molecular weight excluding hydrogens is 232 g/mol. The standard InChI is InChI=1S/C12H20N4O2/c1-14(2)6-7-15(3)12(18)9-16-8-10(13)4-5-11(16)17/h4-5,8H,6-7,9,13H2,1-3H3. The van der Waals surface area contributed by atoms with Gasteiger partial charge in [-0.25, -0.2) is 0 Å². The number of nitrogens with zero attached hydrogens (tertiary/aromatic N) is 3. The van der Waals surface area contributed by atoms with Crippen molar-refractivity contribution in [2.24, 2.45) is 0 Å². The van der Waals surface area contributed by atoms with Gasteiger partial charge in [0.1, 0.15) is 6.54 Å². The van der Waals surface area contributed by atoms with Crippen LogP contribution in [0.25, 0.3) is 0 Å². The minimum absolute atomic E-state index is 0.0216. The zero-order chi connectivity index (χ0) is 13.7. The summed E-state index contributed by atoms with van der Waals surface area (Å²) in [6.45, 7) is 1.44. The number of nitrogen functional groups attached to an aromatic ring is 1. The molecule has 6 nitrogen and oxygen atoms in total. The molecule has 100 valence electrons. The Morgan fingerprint density at radius 3 is 2.56 bits per heavy atom. The first-order valence-corrected chi connectivity index (χ1v) is 5.75. The number of pyridine rings is 1. The molecule has 0 unspecified atom stereocenters. The van der Waals surface area contributed by atoms with E-state index in [9.17, 15) is 9.59 Å². The summed E-state index contributed by atoms with van der Waals surface area (Å²) in [6.07, 6.45) is 1.49. The van der Waals surface area contributed by atoms with Crippen LogP contribution in [0.4, 0.5) is 5.69 Å². The van der Waals surface area contributed by atoms with Crippen LogP contribution in [-0.2, 0) is 11.3 Å². The van der Waals surface area contributed by atoms with Crippen molar-refractivity contribution in [3.8, 4) is 0 Å². The van der Waals surface area contributed by atoms with Gasteiger partial charge < -0.3 is 20.1 Å². The zero-order valence-electron chi connectivity index (χ0n) is 11.1. The van der Waals surface area contributed by atoms with E-state index in [2.05, 4.69) is 0 Å². The minimum Gasteiger partial charge on any atom is -0.398 e. The van der Waals surface area contributed by atoms with Crippen molar-refractivity contribution < 1.29 is 4.79 Å². The number of likely N-dealkylation sites (N-methyl/N-ethyl adjacent to an activating group) is 2. The van der Waals surface area contributed by atoms with Crippen molar-refractivity contribution in [1.82, 2.24) is 14.4 Å². The lowest BCUT2D eigenvalue weighted by Gasteiger charge is -2.20. The van der Waals surface area contributed by atoms with E-state index in [1.165, 1.54) is 22.9 Å². The summed E-state index contributed by atoms with van der Waals surface area (Å²) < 4.78 is 1.32. The highest BCUT2D eigenvalue weighted by Crippen LogP contribution is 1.97. The summed E-state index contributed by atoms with van der Waals surface area (Å²) in [4.78, 5) is 27.0. The minimum atomic E-state index is -0.224. The summed E-state index contributed by atoms with van der Waals surface area (Å²) in [5.41, 5.74) is 5.83. The Balaban J connectivity index is 2.64. The summed E-state index contributed by atoms with van der Waals surface area (Å²) in [6, 6.07) is 2.89. The summed E-state index contributed by atoms with van der Waals surface area (Å²) in [5.74, 6) is -0.107. The molecule has 1 heterocycles. The van der Waals surface area contributed by atoms with Gasteiger partial charge in [0, 0.05) is 38.1 Å². The third kappa shape index (κ3) is 4.21. The van der Waals surface area contributed by atoms with Crippen molar-refractivity contribution in [2.75, 3.05) is 40.0 Å². The molecule has 2 N–H and O–H groups in total. The van der Waals surface area contributed by atoms with E-state index in [0.717, 1.165) is 6.54 Å². The second-order valence-corrected chi connectivity index (χ2v) is 4.55. The molecule has 0 saturated heterocycles. The predicted octanol–water partition coefficient (Wildman–Crippen LogP) is -0.549. The van der Waals surface area contributed by atoms with E-state index in [0.29, 0.717) is 12.2 Å². The highest BCUT2D eigenvalue weighted by Gasteiger charge is 2.10. The largest absolute Gasteiger partial charge is 0.398 e. The van der Waals surface area contributed by atoms with E-state index in [1.54, 1.807) is 11.9 Å². The lowest BCUT2D eigenvalue weighted by molar-refractivity contribution is -0.130. The smallest absolute Gasteiger partial charge is 0.251 e. The van der Waals surface area contributed by atoms with Crippen LogP contribution in [0.2, 0.25) is 0 Å². The van der Waals surface area contributed by atoms with Crippen molar-refractivity contribution in [3.63, 3.8) is 0 Å². The molecule has 18 heavy (non-hydrogen) atoms. The number of hydrogen-bond acceptors (Lipinski definition) is 4. The molecule has 0 aliphatic rings. The maximum absolute atomic E-state index is 11.9. The zero-order valence-corrected chi connectivity index (χ0v) is 11.1. The van der Waals surface area contributed by atoms with Gasteiger partial charge in [0.15, 0.2) is 0 Å². The average molecular weight is 252 g/mol. The van der Waals surface area contributed by atoms with Gasteiger partial charge in [-0.3, -0.25) is 9.59 Å². The number of carbonyl (C=O) groups is 1. The average Bonchev–Trinajstić information content (AvgIpc) is 2.30. The van der Waals surface area contributed by atoms with Crippen LogP contribution in [0, 0.1) is 0 Å². The van der Waals surface area contributed by atoms with Crippen LogP contribution in [0.1, 0.15) is 0 Å². The summed E-state index contributed by atoms with van der Waals surface area (Å²) in [7, 11) is 5.62. The number of rotatable bonds is 5. The van der Waals surface area contributed by atoms with Crippen molar-refractivity contribution in [1.29, 1.82) is 0 Å². The molecule has 0 fully saturated rings. The van der Waals surface area contributed by atoms with Crippen LogP contribution < -0.4 is 11.3 Å². The second kappa shape index (κ2) is 6.20. The Labute approximate surface area is 107 Å². The molecule has 0 bridgehead atoms. The Kier molecular flexibility index (Phi) is 4.91. The van der Waals surface area contributed by atoms with E-state index >= 15 is 0 Å². The molecule has 6 heteroatoms. The Morgan fingerprint density at radius 1 is 1.28 bits per heavy atom. The fraction of sp³-hybridized carbons (Fsp3) is 0.500. The van der Waals surface area contributed by atoms with Crippen molar-refractivity contribution >= 4 is 11.6 Å². The third-order valence-electron chi connectivity index (χ3n) is 2.62. The van der Waals surface area contributed by atoms with Crippen molar-refractivity contribution in [3.05, 3.63) is 28.7 Å². The Morgan fingerprint density at radius 2 is 1.94 bits per heavy atom. The lowest BCUT2D eigenvalue weighted by atomic mass is 10.4. The van der Waals surface area contributed by atoms with Gasteiger partial charge in [-0.1, -0.05) is 0 Å². The first-order chi connectivity index (χ1) is 8.40. The van der Waals surface area contributed by atoms with Gasteiger partial charge in [-0.05, 0) is 20.2 Å². The first-order valence-electron chi connectivity index (χ1n) is 5.75. The third-order valence-corrected chi connectivity index (χ3v) is 2.62. The maximum Gasteiger partial charge on any atom is 0.251 e. The molecule has 0 atom stereocenters. The fourth-order valence-electron chi connectivity index (χ4n) is 1.41. The topological polar surface area (TPSA) is 71.6 Å². The molecule has 1 amide bonds. The van der Waals surface area contributed by atoms with E-state index in [1.807, 2.05) is 19.0 Å². The molecule has 0 saturated carbocycles. The quantitative estimate of drug-likeness (QED) is 0.763. The van der Waals surface area contributed by atoms with E-state index < -0.39 is 0 Å². The lowest BCUT2D eigenvalue weighted by Crippen LogP contribution is -2.37. The number of anilines is 1. The van der Waals surface area contributed by atoms with E-state index in [4.69, 9.17) is 5.73 Å². The predicted molar refractivity (Wildman–Crippen MR) is 71.3 cm³/mol. The highest BCUT2D eigenvalue weighted by atomic mass is 16.2. The molecule has 0 radical (unpaired) electrons. The molecule has 0 aliphatic heterocycles. The van der Waals surface area contributed by atoms with Crippen LogP contribution in [0.5, 0.6) is 0 Å². The summed E-state index contributed by atoms with van der Waals surface area (Å²) in [5, 5.41) is 0. The van der Waals surface area contributed by atoms with E-state index in [-0.39, 0.29) is 18.0 Å². The molecule has 0 spiro atoms. The molecule has 1 rings (SSSR count). The normalized spacial score (nSPS) is 10.7. The van der Waals surface area contributed by atoms with Crippen LogP contribution >= 0.6 is 0 Å². The monoisotopic (exact) mass is 252 g/mol. The summed E-state index contributed by atoms with van der Waals surface area (Å²) >= 11 is 0. The SMILES string of the molecule is CN(C)CCN(C)C(=O)Cn1cc(N)ccc1=O. The maximum atomic E-state index is 11.9. The van der Waals surface area contributed by atoms with Crippen LogP contribution in [-0.4, -0.2) is 54.5 Å². The molecule has 0 aromatic carbocycles. The Hall–Kier alpha value is -1.82. The van der Waals surface area contributed by atoms with Gasteiger partial charge in [-0.15, -0.1) is 0 Å². The number of nitrogens with two attached hydrogens (primary N) is 1. The van der Waals surface area contributed by atoms with Gasteiger partial charge in [-0.2, -0.15) is 0 Å². The molecule has 0 aliphatic carbocycles. The first kappa shape index (κ1) is 14.2. The van der Waals surface area contributed by atoms with Crippen molar-refractivity contribution in [2.45, 2.75) is 6.54 Å². The van der Waals surface area contributed by atoms with Gasteiger partial charge in [0.05, 0.1) is 0 Å². The molecular formula is C12H20N4O2. The number of carbonyl (C=O) groups excluding carboxylic acids is 1. The van der Waals surface area contributed by atoms with Gasteiger partial charge in [0.2, 0.25) is 5.91 Å². The number of hydrogen-bond donors (Lipinski definition) is 1. The van der Waals surface area contributed by atoms with Gasteiger partial charge >= 0.3 is 0 Å². The number of aromatic nitrogens is 1. The number of amides is 1. The molecule has 1 aromatic heterocycles. The fourth-order valence-corrected chi connectivity index (χ4v) is 1.41. The second-order valence-electron chi connectivity index (χ2n) is 4.55. The molecule has 1 aromatic rings. The van der Waals surface area contributed by atoms with Crippen LogP contribution in [0.3, 0.4) is 0 Å². The Bertz CT molecular complexity index is 467. The van der Waals surface area contributed by atoms with Gasteiger partial charge in [0.25, 0.3) is 5.56 Å². The van der Waals surface area contributed by atoms with Crippen LogP contribution in [0.15, 0.2) is 23.1 Å².